The van der Waals surface area contributed by atoms with Crippen molar-refractivity contribution in [1.29, 1.82) is 0 Å². The number of hydrogen-bond acceptors (Lipinski definition) is 4. The van der Waals surface area contributed by atoms with Gasteiger partial charge in [-0.3, -0.25) is 0 Å². The fraction of sp³-hybridized carbons (Fsp3) is 0.571. The third-order valence-electron chi connectivity index (χ3n) is 2.90. The minimum Gasteiger partial charge on any atom is -0.399 e. The van der Waals surface area contributed by atoms with E-state index in [1.54, 1.807) is 14.2 Å². The normalized spacial score (nSPS) is 10.6. The Balaban J connectivity index is 2.73. The zero-order chi connectivity index (χ0) is 13.4. The van der Waals surface area contributed by atoms with Crippen LogP contribution in [0.3, 0.4) is 0 Å². The monoisotopic (exact) mass is 252 g/mol. The largest absolute Gasteiger partial charge is 0.399 e. The molecule has 0 aliphatic carbocycles. The van der Waals surface area contributed by atoms with E-state index in [2.05, 4.69) is 17.9 Å². The number of nitrogens with zero attached hydrogens (tertiary/aromatic N) is 1. The Bertz CT molecular complexity index is 356. The molecule has 1 rings (SSSR count). The van der Waals surface area contributed by atoms with Crippen LogP contribution in [0.15, 0.2) is 18.2 Å². The molecule has 0 unspecified atom stereocenters. The summed E-state index contributed by atoms with van der Waals surface area (Å²) in [4.78, 5) is 2.32. The zero-order valence-corrected chi connectivity index (χ0v) is 11.6. The standard InChI is InChI=1S/C14H24N2O2/c1-12-11-13(15)5-6-14(12)16(8-10-18-3)7-4-9-17-2/h5-6,11H,4,7-10,15H2,1-3H3. The van der Waals surface area contributed by atoms with Gasteiger partial charge in [0.25, 0.3) is 0 Å². The first-order valence-corrected chi connectivity index (χ1v) is 6.28. The van der Waals surface area contributed by atoms with Crippen molar-refractivity contribution in [2.45, 2.75) is 13.3 Å². The average Bonchev–Trinajstić information content (AvgIpc) is 2.34. The van der Waals surface area contributed by atoms with E-state index in [0.717, 1.165) is 38.4 Å². The van der Waals surface area contributed by atoms with E-state index in [1.165, 1.54) is 11.3 Å². The molecule has 102 valence electrons. The number of nitrogen functional groups attached to an aromatic ring is 1. The molecule has 18 heavy (non-hydrogen) atoms. The van der Waals surface area contributed by atoms with Gasteiger partial charge >= 0.3 is 0 Å². The molecule has 0 saturated heterocycles. The Labute approximate surface area is 110 Å². The van der Waals surface area contributed by atoms with Crippen molar-refractivity contribution in [2.75, 3.05) is 51.2 Å². The van der Waals surface area contributed by atoms with Gasteiger partial charge in [0.1, 0.15) is 0 Å². The number of rotatable bonds is 8. The zero-order valence-electron chi connectivity index (χ0n) is 11.6. The second-order valence-electron chi connectivity index (χ2n) is 4.37. The van der Waals surface area contributed by atoms with Crippen LogP contribution in [0.25, 0.3) is 0 Å². The van der Waals surface area contributed by atoms with Gasteiger partial charge in [-0.05, 0) is 37.1 Å². The number of hydrogen-bond donors (Lipinski definition) is 1. The molecule has 0 fully saturated rings. The highest BCUT2D eigenvalue weighted by Gasteiger charge is 2.09. The number of benzene rings is 1. The fourth-order valence-corrected chi connectivity index (χ4v) is 1.99. The Morgan fingerprint density at radius 2 is 1.83 bits per heavy atom. The lowest BCUT2D eigenvalue weighted by Crippen LogP contribution is -2.29. The van der Waals surface area contributed by atoms with Crippen molar-refractivity contribution >= 4 is 11.4 Å². The van der Waals surface area contributed by atoms with Gasteiger partial charge in [-0.15, -0.1) is 0 Å². The molecule has 0 aromatic heterocycles. The van der Waals surface area contributed by atoms with Crippen molar-refractivity contribution in [1.82, 2.24) is 0 Å². The van der Waals surface area contributed by atoms with E-state index in [0.29, 0.717) is 0 Å². The highest BCUT2D eigenvalue weighted by molar-refractivity contribution is 5.59. The summed E-state index contributed by atoms with van der Waals surface area (Å²) in [6.07, 6.45) is 1.00. The molecule has 0 radical (unpaired) electrons. The van der Waals surface area contributed by atoms with Gasteiger partial charge in [0, 0.05) is 45.3 Å². The SMILES string of the molecule is COCCCN(CCOC)c1ccc(N)cc1C. The molecule has 0 spiro atoms. The van der Waals surface area contributed by atoms with Gasteiger partial charge in [0.15, 0.2) is 0 Å². The highest BCUT2D eigenvalue weighted by Crippen LogP contribution is 2.22. The fourth-order valence-electron chi connectivity index (χ4n) is 1.99. The topological polar surface area (TPSA) is 47.7 Å². The number of anilines is 2. The Morgan fingerprint density at radius 3 is 2.44 bits per heavy atom. The molecule has 4 nitrogen and oxygen atoms in total. The summed E-state index contributed by atoms with van der Waals surface area (Å²) in [5.41, 5.74) is 9.01. The molecule has 1 aromatic carbocycles. The van der Waals surface area contributed by atoms with E-state index < -0.39 is 0 Å². The van der Waals surface area contributed by atoms with Crippen molar-refractivity contribution in [3.05, 3.63) is 23.8 Å². The van der Waals surface area contributed by atoms with Crippen LogP contribution >= 0.6 is 0 Å². The Hall–Kier alpha value is -1.26. The lowest BCUT2D eigenvalue weighted by atomic mass is 10.1. The van der Waals surface area contributed by atoms with Crippen molar-refractivity contribution < 1.29 is 9.47 Å². The lowest BCUT2D eigenvalue weighted by molar-refractivity contribution is 0.191. The molecule has 0 heterocycles. The van der Waals surface area contributed by atoms with Gasteiger partial charge in [-0.1, -0.05) is 0 Å². The van der Waals surface area contributed by atoms with E-state index >= 15 is 0 Å². The van der Waals surface area contributed by atoms with Crippen LogP contribution in [0.1, 0.15) is 12.0 Å². The summed E-state index contributed by atoms with van der Waals surface area (Å²) < 4.78 is 10.3. The van der Waals surface area contributed by atoms with Crippen LogP contribution in [0.5, 0.6) is 0 Å². The maximum Gasteiger partial charge on any atom is 0.0637 e. The summed E-state index contributed by atoms with van der Waals surface area (Å²) in [6, 6.07) is 6.02. The maximum atomic E-state index is 5.79. The summed E-state index contributed by atoms with van der Waals surface area (Å²) in [5.74, 6) is 0. The third kappa shape index (κ3) is 4.55. The number of aryl methyl sites for hydroxylation is 1. The molecule has 4 heteroatoms. The van der Waals surface area contributed by atoms with Crippen molar-refractivity contribution in [3.63, 3.8) is 0 Å². The quantitative estimate of drug-likeness (QED) is 0.568. The lowest BCUT2D eigenvalue weighted by Gasteiger charge is -2.26. The number of ether oxygens (including phenoxy) is 2. The molecule has 0 saturated carbocycles. The maximum absolute atomic E-state index is 5.79. The molecule has 0 bridgehead atoms. The van der Waals surface area contributed by atoms with E-state index in [9.17, 15) is 0 Å². The Morgan fingerprint density at radius 1 is 1.11 bits per heavy atom. The van der Waals surface area contributed by atoms with Crippen LogP contribution in [0.4, 0.5) is 11.4 Å². The third-order valence-corrected chi connectivity index (χ3v) is 2.90. The molecule has 0 aliphatic rings. The summed E-state index contributed by atoms with van der Waals surface area (Å²) in [7, 11) is 3.46. The predicted molar refractivity (Wildman–Crippen MR) is 76.2 cm³/mol. The number of methoxy groups -OCH3 is 2. The van der Waals surface area contributed by atoms with Crippen LogP contribution in [0.2, 0.25) is 0 Å². The minimum atomic E-state index is 0.719. The van der Waals surface area contributed by atoms with Crippen molar-refractivity contribution in [3.8, 4) is 0 Å². The van der Waals surface area contributed by atoms with Crippen LogP contribution in [0, 0.1) is 6.92 Å². The van der Waals surface area contributed by atoms with Crippen LogP contribution in [-0.2, 0) is 9.47 Å². The van der Waals surface area contributed by atoms with Crippen LogP contribution in [-0.4, -0.2) is 40.5 Å². The van der Waals surface area contributed by atoms with E-state index in [-0.39, 0.29) is 0 Å². The second kappa shape index (κ2) is 7.95. The smallest absolute Gasteiger partial charge is 0.0637 e. The molecular formula is C14H24N2O2. The first-order chi connectivity index (χ1) is 8.69. The van der Waals surface area contributed by atoms with Gasteiger partial charge in [-0.25, -0.2) is 0 Å². The molecule has 1 aromatic rings. The summed E-state index contributed by atoms with van der Waals surface area (Å²) >= 11 is 0. The molecule has 0 amide bonds. The first-order valence-electron chi connectivity index (χ1n) is 6.28. The average molecular weight is 252 g/mol. The second-order valence-corrected chi connectivity index (χ2v) is 4.37. The van der Waals surface area contributed by atoms with Crippen LogP contribution < -0.4 is 10.6 Å². The van der Waals surface area contributed by atoms with Gasteiger partial charge in [-0.2, -0.15) is 0 Å². The molecule has 0 aliphatic heterocycles. The molecule has 2 N–H and O–H groups in total. The van der Waals surface area contributed by atoms with E-state index in [1.807, 2.05) is 12.1 Å². The molecular weight excluding hydrogens is 228 g/mol. The van der Waals surface area contributed by atoms with Gasteiger partial charge in [0.2, 0.25) is 0 Å². The van der Waals surface area contributed by atoms with Gasteiger partial charge < -0.3 is 20.1 Å². The van der Waals surface area contributed by atoms with Crippen molar-refractivity contribution in [2.24, 2.45) is 0 Å². The summed E-state index contributed by atoms with van der Waals surface area (Å²) in [5, 5.41) is 0. The number of nitrogens with two attached hydrogens (primary N) is 1. The van der Waals surface area contributed by atoms with Gasteiger partial charge in [0.05, 0.1) is 6.61 Å². The first kappa shape index (κ1) is 14.8. The molecule has 0 atom stereocenters. The highest BCUT2D eigenvalue weighted by atomic mass is 16.5. The Kier molecular flexibility index (Phi) is 6.54. The summed E-state index contributed by atoms with van der Waals surface area (Å²) in [6.45, 7) is 5.42. The minimum absolute atomic E-state index is 0.719. The predicted octanol–water partition coefficient (Wildman–Crippen LogP) is 2.07. The van der Waals surface area contributed by atoms with E-state index in [4.69, 9.17) is 15.2 Å².